The molecule has 0 aliphatic rings. The van der Waals surface area contributed by atoms with Crippen molar-refractivity contribution in [3.8, 4) is 0 Å². The van der Waals surface area contributed by atoms with E-state index in [0.29, 0.717) is 30.1 Å². The van der Waals surface area contributed by atoms with E-state index in [1.807, 2.05) is 20.8 Å². The minimum atomic E-state index is -2.56. The number of aromatic nitrogens is 3. The molecule has 10 heteroatoms. The van der Waals surface area contributed by atoms with Crippen LogP contribution in [0.15, 0.2) is 10.3 Å². The van der Waals surface area contributed by atoms with Gasteiger partial charge in [0.05, 0.1) is 0 Å². The van der Waals surface area contributed by atoms with Gasteiger partial charge in [-0.1, -0.05) is 11.8 Å². The number of thioether (sulfide) groups is 1. The van der Waals surface area contributed by atoms with Crippen molar-refractivity contribution < 1.29 is 13.3 Å². The summed E-state index contributed by atoms with van der Waals surface area (Å²) in [5.74, 6) is 1.00. The highest BCUT2D eigenvalue weighted by Gasteiger charge is 2.39. The molecule has 0 aliphatic carbocycles. The summed E-state index contributed by atoms with van der Waals surface area (Å²) in [5.41, 5.74) is 5.57. The van der Waals surface area contributed by atoms with E-state index < -0.39 is 8.80 Å². The molecule has 0 fully saturated rings. The van der Waals surface area contributed by atoms with E-state index in [-0.39, 0.29) is 5.95 Å². The second-order valence-electron chi connectivity index (χ2n) is 4.21. The molecule has 0 saturated heterocycles. The first-order valence-electron chi connectivity index (χ1n) is 7.30. The van der Waals surface area contributed by atoms with Gasteiger partial charge in [-0.15, -0.1) is 12.6 Å². The van der Waals surface area contributed by atoms with Crippen LogP contribution in [0.3, 0.4) is 0 Å². The Bertz CT molecular complexity index is 419. The van der Waals surface area contributed by atoms with Crippen LogP contribution >= 0.6 is 24.4 Å². The normalized spacial score (nSPS) is 11.8. The lowest BCUT2D eigenvalue weighted by Gasteiger charge is -2.28. The van der Waals surface area contributed by atoms with Gasteiger partial charge in [-0.2, -0.15) is 15.0 Å². The first-order chi connectivity index (χ1) is 10.5. The summed E-state index contributed by atoms with van der Waals surface area (Å²) in [6.07, 6.45) is 0.879. The third-order valence-corrected chi connectivity index (χ3v) is 6.86. The minimum Gasteiger partial charge on any atom is -0.374 e. The van der Waals surface area contributed by atoms with Gasteiger partial charge in [0.2, 0.25) is 5.95 Å². The molecule has 2 N–H and O–H groups in total. The van der Waals surface area contributed by atoms with E-state index in [2.05, 4.69) is 27.6 Å². The van der Waals surface area contributed by atoms with E-state index >= 15 is 0 Å². The zero-order valence-corrected chi connectivity index (χ0v) is 16.0. The molecule has 0 bridgehead atoms. The Kier molecular flexibility index (Phi) is 9.29. The lowest BCUT2D eigenvalue weighted by molar-refractivity contribution is 0.0712. The number of hydrogen-bond donors (Lipinski definition) is 2. The Morgan fingerprint density at radius 2 is 1.64 bits per heavy atom. The summed E-state index contributed by atoms with van der Waals surface area (Å²) in [6.45, 7) is 7.63. The van der Waals surface area contributed by atoms with Crippen LogP contribution in [0.4, 0.5) is 5.95 Å². The largest absolute Gasteiger partial charge is 0.500 e. The van der Waals surface area contributed by atoms with Gasteiger partial charge in [0, 0.05) is 31.6 Å². The molecule has 0 spiro atoms. The van der Waals surface area contributed by atoms with Crippen LogP contribution in [0.1, 0.15) is 27.2 Å². The molecule has 0 radical (unpaired) electrons. The fraction of sp³-hybridized carbons (Fsp3) is 0.750. The summed E-state index contributed by atoms with van der Waals surface area (Å²) < 4.78 is 17.4. The Hall–Kier alpha value is -0.393. The summed E-state index contributed by atoms with van der Waals surface area (Å²) in [7, 11) is -2.56. The SMILES string of the molecule is CCO[Si](CCCSc1nc(N)nc(S)n1)(OCC)OCC. The van der Waals surface area contributed by atoms with Crippen LogP contribution in [0.25, 0.3) is 0 Å². The molecule has 0 aromatic carbocycles. The van der Waals surface area contributed by atoms with E-state index in [1.54, 1.807) is 0 Å². The van der Waals surface area contributed by atoms with Crippen molar-refractivity contribution in [1.82, 2.24) is 15.0 Å². The lowest BCUT2D eigenvalue weighted by Crippen LogP contribution is -2.46. The number of nitrogen functional groups attached to an aromatic ring is 1. The summed E-state index contributed by atoms with van der Waals surface area (Å²) in [6, 6.07) is 0.768. The highest BCUT2D eigenvalue weighted by Crippen LogP contribution is 2.22. The van der Waals surface area contributed by atoms with E-state index in [1.165, 1.54) is 11.8 Å². The van der Waals surface area contributed by atoms with Gasteiger partial charge in [0.1, 0.15) is 0 Å². The molecule has 1 heterocycles. The zero-order valence-electron chi connectivity index (χ0n) is 13.2. The van der Waals surface area contributed by atoms with Crippen LogP contribution < -0.4 is 5.73 Å². The van der Waals surface area contributed by atoms with Crippen LogP contribution in [-0.4, -0.2) is 49.3 Å². The lowest BCUT2D eigenvalue weighted by atomic mass is 10.6. The van der Waals surface area contributed by atoms with Gasteiger partial charge in [-0.3, -0.25) is 0 Å². The Balaban J connectivity index is 2.50. The smallest absolute Gasteiger partial charge is 0.374 e. The highest BCUT2D eigenvalue weighted by atomic mass is 32.2. The third kappa shape index (κ3) is 6.80. The first kappa shape index (κ1) is 19.7. The molecule has 22 heavy (non-hydrogen) atoms. The molecule has 0 atom stereocenters. The zero-order chi connectivity index (χ0) is 16.4. The molecule has 0 saturated carbocycles. The van der Waals surface area contributed by atoms with Crippen molar-refractivity contribution in [3.63, 3.8) is 0 Å². The standard InChI is InChI=1S/C12H24N4O3S2Si/c1-4-17-22(18-5-2,19-6-3)9-7-8-21-12-15-10(13)14-11(20)16-12/h4-9H2,1-3H3,(H3,13,14,15,16,20). The Labute approximate surface area is 142 Å². The van der Waals surface area contributed by atoms with Gasteiger partial charge in [0.15, 0.2) is 10.3 Å². The fourth-order valence-corrected chi connectivity index (χ4v) is 5.79. The van der Waals surface area contributed by atoms with Gasteiger partial charge in [-0.25, -0.2) is 0 Å². The average Bonchev–Trinajstić information content (AvgIpc) is 2.43. The molecule has 0 unspecified atom stereocenters. The van der Waals surface area contributed by atoms with E-state index in [4.69, 9.17) is 19.0 Å². The van der Waals surface area contributed by atoms with Crippen molar-refractivity contribution in [3.05, 3.63) is 0 Å². The van der Waals surface area contributed by atoms with E-state index in [9.17, 15) is 0 Å². The molecule has 126 valence electrons. The van der Waals surface area contributed by atoms with Gasteiger partial charge >= 0.3 is 8.80 Å². The van der Waals surface area contributed by atoms with Crippen LogP contribution in [0.2, 0.25) is 6.04 Å². The van der Waals surface area contributed by atoms with E-state index in [0.717, 1.165) is 18.2 Å². The summed E-state index contributed by atoms with van der Waals surface area (Å²) >= 11 is 5.60. The van der Waals surface area contributed by atoms with Gasteiger partial charge in [-0.05, 0) is 27.2 Å². The van der Waals surface area contributed by atoms with Gasteiger partial charge in [0.25, 0.3) is 0 Å². The number of anilines is 1. The number of rotatable bonds is 11. The fourth-order valence-electron chi connectivity index (χ4n) is 1.88. The van der Waals surface area contributed by atoms with Crippen molar-refractivity contribution in [2.24, 2.45) is 0 Å². The predicted molar refractivity (Wildman–Crippen MR) is 92.3 cm³/mol. The highest BCUT2D eigenvalue weighted by molar-refractivity contribution is 7.99. The Morgan fingerprint density at radius 3 is 2.14 bits per heavy atom. The molecular weight excluding hydrogens is 340 g/mol. The number of hydrogen-bond acceptors (Lipinski definition) is 9. The van der Waals surface area contributed by atoms with Crippen molar-refractivity contribution >= 4 is 39.1 Å². The third-order valence-electron chi connectivity index (χ3n) is 2.57. The number of nitrogens with zero attached hydrogens (tertiary/aromatic N) is 3. The quantitative estimate of drug-likeness (QED) is 0.267. The number of nitrogens with two attached hydrogens (primary N) is 1. The molecule has 1 rings (SSSR count). The monoisotopic (exact) mass is 364 g/mol. The second-order valence-corrected chi connectivity index (χ2v) is 8.40. The van der Waals surface area contributed by atoms with Crippen LogP contribution in [0, 0.1) is 0 Å². The molecular formula is C12H24N4O3S2Si. The molecule has 1 aromatic rings. The summed E-state index contributed by atoms with van der Waals surface area (Å²) in [4.78, 5) is 12.0. The van der Waals surface area contributed by atoms with Crippen LogP contribution in [-0.2, 0) is 13.3 Å². The van der Waals surface area contributed by atoms with Crippen LogP contribution in [0.5, 0.6) is 0 Å². The number of thiol groups is 1. The topological polar surface area (TPSA) is 92.4 Å². The van der Waals surface area contributed by atoms with Crippen molar-refractivity contribution in [1.29, 1.82) is 0 Å². The molecule has 7 nitrogen and oxygen atoms in total. The van der Waals surface area contributed by atoms with Crippen molar-refractivity contribution in [2.45, 2.75) is 43.5 Å². The molecule has 0 aliphatic heterocycles. The molecule has 0 amide bonds. The minimum absolute atomic E-state index is 0.184. The first-order valence-corrected chi connectivity index (χ1v) is 10.7. The maximum Gasteiger partial charge on any atom is 0.500 e. The van der Waals surface area contributed by atoms with Crippen molar-refractivity contribution in [2.75, 3.05) is 31.3 Å². The predicted octanol–water partition coefficient (Wildman–Crippen LogP) is 2.27. The second kappa shape index (κ2) is 10.4. The average molecular weight is 365 g/mol. The maximum atomic E-state index is 5.81. The molecule has 1 aromatic heterocycles. The Morgan fingerprint density at radius 1 is 1.05 bits per heavy atom. The summed E-state index contributed by atoms with van der Waals surface area (Å²) in [5, 5.41) is 0.908. The maximum absolute atomic E-state index is 5.81. The van der Waals surface area contributed by atoms with Gasteiger partial charge < -0.3 is 19.0 Å².